The van der Waals surface area contributed by atoms with Crippen molar-refractivity contribution >= 4 is 5.91 Å². The molecule has 0 aliphatic carbocycles. The van der Waals surface area contributed by atoms with Gasteiger partial charge in [-0.05, 0) is 38.5 Å². The van der Waals surface area contributed by atoms with Crippen molar-refractivity contribution in [3.05, 3.63) is 12.2 Å². The van der Waals surface area contributed by atoms with Crippen molar-refractivity contribution in [3.8, 4) is 0 Å². The maximum Gasteiger partial charge on any atom is 0.220 e. The van der Waals surface area contributed by atoms with Crippen LogP contribution in [0.1, 0.15) is 226 Å². The molecule has 0 aromatic carbocycles. The van der Waals surface area contributed by atoms with Crippen molar-refractivity contribution in [1.82, 2.24) is 5.32 Å². The lowest BCUT2D eigenvalue weighted by molar-refractivity contribution is -0.359. The minimum Gasteiger partial charge on any atom is -0.394 e. The summed E-state index contributed by atoms with van der Waals surface area (Å²) in [4.78, 5) is 13.2. The van der Waals surface area contributed by atoms with Gasteiger partial charge in [0.05, 0.1) is 32.0 Å². The third-order valence-corrected chi connectivity index (χ3v) is 13.7. The number of unbranched alkanes of at least 4 members (excludes halogenated alkanes) is 28. The number of carbonyl (C=O) groups excluding carboxylic acids is 1. The van der Waals surface area contributed by atoms with E-state index in [-0.39, 0.29) is 12.5 Å². The summed E-state index contributed by atoms with van der Waals surface area (Å²) in [5.74, 6) is -0.207. The van der Waals surface area contributed by atoms with Crippen molar-refractivity contribution in [2.45, 2.75) is 299 Å². The molecular weight excluding hydrogens is 859 g/mol. The van der Waals surface area contributed by atoms with Gasteiger partial charge in [0.15, 0.2) is 12.6 Å². The number of hydrogen-bond acceptors (Lipinski definition) is 13. The third-order valence-electron chi connectivity index (χ3n) is 13.7. The number of allylic oxidation sites excluding steroid dienone is 2. The zero-order valence-corrected chi connectivity index (χ0v) is 42.2. The number of amides is 1. The molecule has 2 aliphatic heterocycles. The predicted octanol–water partition coefficient (Wildman–Crippen LogP) is 7.94. The summed E-state index contributed by atoms with van der Waals surface area (Å²) >= 11 is 0. The van der Waals surface area contributed by atoms with Gasteiger partial charge in [0, 0.05) is 6.42 Å². The van der Waals surface area contributed by atoms with Gasteiger partial charge in [-0.1, -0.05) is 193 Å². The second-order valence-electron chi connectivity index (χ2n) is 19.7. The molecule has 1 amide bonds. The van der Waals surface area contributed by atoms with E-state index in [2.05, 4.69) is 31.3 Å². The Kier molecular flexibility index (Phi) is 37.2. The van der Waals surface area contributed by atoms with E-state index in [1.165, 1.54) is 148 Å². The fraction of sp³-hybridized carbons (Fsp3) is 0.943. The molecular formula is C53H101NO13. The maximum absolute atomic E-state index is 13.2. The molecule has 2 heterocycles. The fourth-order valence-corrected chi connectivity index (χ4v) is 9.23. The van der Waals surface area contributed by atoms with Gasteiger partial charge in [-0.2, -0.15) is 0 Å². The monoisotopic (exact) mass is 960 g/mol. The summed E-state index contributed by atoms with van der Waals surface area (Å²) < 4.78 is 22.8. The normalized spacial score (nSPS) is 26.6. The minimum absolute atomic E-state index is 0.207. The van der Waals surface area contributed by atoms with E-state index < -0.39 is 86.8 Å². The number of carbonyl (C=O) groups is 1. The number of hydrogen-bond donors (Lipinski definition) is 9. The van der Waals surface area contributed by atoms with E-state index in [1.807, 2.05) is 0 Å². The summed E-state index contributed by atoms with van der Waals surface area (Å²) in [6.45, 7) is 2.86. The molecule has 2 saturated heterocycles. The molecule has 396 valence electrons. The van der Waals surface area contributed by atoms with Crippen LogP contribution in [0, 0.1) is 0 Å². The lowest BCUT2D eigenvalue weighted by atomic mass is 9.97. The van der Waals surface area contributed by atoms with Crippen LogP contribution in [0.15, 0.2) is 12.2 Å². The highest BCUT2D eigenvalue weighted by atomic mass is 16.7. The van der Waals surface area contributed by atoms with E-state index in [0.717, 1.165) is 51.4 Å². The number of aliphatic hydroxyl groups excluding tert-OH is 8. The molecule has 0 bridgehead atoms. The molecule has 0 aromatic rings. The van der Waals surface area contributed by atoms with Gasteiger partial charge < -0.3 is 65.1 Å². The lowest BCUT2D eigenvalue weighted by Gasteiger charge is -2.46. The highest BCUT2D eigenvalue weighted by Crippen LogP contribution is 2.30. The summed E-state index contributed by atoms with van der Waals surface area (Å²) in [6.07, 6.45) is 26.3. The van der Waals surface area contributed by atoms with Crippen LogP contribution in [-0.4, -0.2) is 140 Å². The first-order chi connectivity index (χ1) is 32.6. The van der Waals surface area contributed by atoms with Crippen LogP contribution in [0.2, 0.25) is 0 Å². The van der Waals surface area contributed by atoms with Crippen molar-refractivity contribution in [1.29, 1.82) is 0 Å². The standard InChI is InChI=1S/C53H101NO13/c1-3-5-7-9-11-13-15-17-19-20-21-22-23-25-27-29-31-33-35-37-45(58)54-41(42(57)36-34-32-30-28-26-24-18-16-14-12-10-8-6-4-2)40-64-52-50(63)48(61)51(44(39-56)66-52)67-53-49(62)47(60)46(59)43(38-55)65-53/h17,19,41-44,46-53,55-57,59-63H,3-16,18,20-40H2,1-2H3,(H,54,58)/b19-17-. The average molecular weight is 960 g/mol. The van der Waals surface area contributed by atoms with E-state index in [1.54, 1.807) is 0 Å². The van der Waals surface area contributed by atoms with Gasteiger partial charge in [-0.25, -0.2) is 0 Å². The first-order valence-corrected chi connectivity index (χ1v) is 27.4. The molecule has 14 nitrogen and oxygen atoms in total. The van der Waals surface area contributed by atoms with Gasteiger partial charge in [0.1, 0.15) is 48.8 Å². The lowest BCUT2D eigenvalue weighted by Crippen LogP contribution is -2.65. The SMILES string of the molecule is CCCCCCCC/C=C\CCCCCCCCCCCC(=O)NC(COC1OC(CO)C(OC2OC(CO)C(O)C(O)C2O)C(O)C1O)C(O)CCCCCCCCCCCCCCCC. The Morgan fingerprint density at radius 2 is 0.940 bits per heavy atom. The Morgan fingerprint density at radius 3 is 1.42 bits per heavy atom. The summed E-state index contributed by atoms with van der Waals surface area (Å²) in [5.41, 5.74) is 0. The predicted molar refractivity (Wildman–Crippen MR) is 263 cm³/mol. The number of ether oxygens (including phenoxy) is 4. The highest BCUT2D eigenvalue weighted by molar-refractivity contribution is 5.76. The van der Waals surface area contributed by atoms with E-state index in [0.29, 0.717) is 12.8 Å². The first kappa shape index (κ1) is 61.8. The van der Waals surface area contributed by atoms with Crippen molar-refractivity contribution in [2.24, 2.45) is 0 Å². The van der Waals surface area contributed by atoms with Gasteiger partial charge in [0.2, 0.25) is 5.91 Å². The molecule has 14 heteroatoms. The average Bonchev–Trinajstić information content (AvgIpc) is 3.32. The van der Waals surface area contributed by atoms with Crippen molar-refractivity contribution in [3.63, 3.8) is 0 Å². The molecule has 0 aromatic heterocycles. The molecule has 12 atom stereocenters. The van der Waals surface area contributed by atoms with Crippen LogP contribution in [0.25, 0.3) is 0 Å². The van der Waals surface area contributed by atoms with Gasteiger partial charge in [0.25, 0.3) is 0 Å². The van der Waals surface area contributed by atoms with E-state index in [9.17, 15) is 45.6 Å². The van der Waals surface area contributed by atoms with Crippen LogP contribution >= 0.6 is 0 Å². The quantitative estimate of drug-likeness (QED) is 0.0209. The fourth-order valence-electron chi connectivity index (χ4n) is 9.23. The Labute approximate surface area is 406 Å². The minimum atomic E-state index is -1.78. The zero-order valence-electron chi connectivity index (χ0n) is 42.2. The van der Waals surface area contributed by atoms with Gasteiger partial charge in [-0.3, -0.25) is 4.79 Å². The van der Waals surface area contributed by atoms with E-state index >= 15 is 0 Å². The molecule has 9 N–H and O–H groups in total. The molecule has 2 fully saturated rings. The van der Waals surface area contributed by atoms with Crippen LogP contribution in [0.5, 0.6) is 0 Å². The topological polar surface area (TPSA) is 228 Å². The van der Waals surface area contributed by atoms with Crippen molar-refractivity contribution in [2.75, 3.05) is 19.8 Å². The second kappa shape index (κ2) is 40.3. The molecule has 0 saturated carbocycles. The van der Waals surface area contributed by atoms with Crippen LogP contribution in [0.3, 0.4) is 0 Å². The Balaban J connectivity index is 1.79. The third kappa shape index (κ3) is 27.2. The first-order valence-electron chi connectivity index (χ1n) is 27.4. The van der Waals surface area contributed by atoms with Crippen LogP contribution in [-0.2, 0) is 23.7 Å². The van der Waals surface area contributed by atoms with E-state index in [4.69, 9.17) is 18.9 Å². The Bertz CT molecular complexity index is 1180. The Hall–Kier alpha value is -1.27. The Morgan fingerprint density at radius 1 is 0.522 bits per heavy atom. The number of rotatable bonds is 43. The number of nitrogens with one attached hydrogen (secondary N) is 1. The largest absolute Gasteiger partial charge is 0.394 e. The smallest absolute Gasteiger partial charge is 0.220 e. The molecule has 2 aliphatic rings. The molecule has 67 heavy (non-hydrogen) atoms. The van der Waals surface area contributed by atoms with Gasteiger partial charge >= 0.3 is 0 Å². The summed E-state index contributed by atoms with van der Waals surface area (Å²) in [7, 11) is 0. The molecule has 2 rings (SSSR count). The summed E-state index contributed by atoms with van der Waals surface area (Å²) in [5, 5.41) is 87.0. The molecule has 0 spiro atoms. The second-order valence-corrected chi connectivity index (χ2v) is 19.7. The summed E-state index contributed by atoms with van der Waals surface area (Å²) in [6, 6.07) is -0.825. The van der Waals surface area contributed by atoms with Gasteiger partial charge in [-0.15, -0.1) is 0 Å². The zero-order chi connectivity index (χ0) is 48.9. The number of aliphatic hydroxyl groups is 8. The van der Waals surface area contributed by atoms with Crippen LogP contribution in [0.4, 0.5) is 0 Å². The van der Waals surface area contributed by atoms with Crippen molar-refractivity contribution < 1.29 is 64.6 Å². The molecule has 0 radical (unpaired) electrons. The maximum atomic E-state index is 13.2. The molecule has 12 unspecified atom stereocenters. The van der Waals surface area contributed by atoms with Crippen LogP contribution < -0.4 is 5.32 Å². The highest BCUT2D eigenvalue weighted by Gasteiger charge is 2.51.